The van der Waals surface area contributed by atoms with Crippen molar-refractivity contribution >= 4 is 11.4 Å². The maximum atomic E-state index is 5.93. The van der Waals surface area contributed by atoms with Crippen molar-refractivity contribution in [3.05, 3.63) is 18.2 Å². The normalized spacial score (nSPS) is 19.2. The number of nitrogens with zero attached hydrogens (tertiary/aromatic N) is 2. The van der Waals surface area contributed by atoms with E-state index >= 15 is 0 Å². The standard InChI is InChI=1S/C15H25N3O/c1-4-17(5-2)13-6-7-18(11-13)14-8-12(16)9-15(10-14)19-3/h8-10,13H,4-7,11,16H2,1-3H3. The Morgan fingerprint density at radius 2 is 2.05 bits per heavy atom. The summed E-state index contributed by atoms with van der Waals surface area (Å²) in [4.78, 5) is 4.94. The van der Waals surface area contributed by atoms with Crippen LogP contribution in [-0.4, -0.2) is 44.2 Å². The molecule has 2 N–H and O–H groups in total. The zero-order chi connectivity index (χ0) is 13.8. The minimum atomic E-state index is 0.655. The minimum Gasteiger partial charge on any atom is -0.497 e. The van der Waals surface area contributed by atoms with Gasteiger partial charge in [-0.05, 0) is 25.6 Å². The van der Waals surface area contributed by atoms with Gasteiger partial charge in [0, 0.05) is 42.6 Å². The molecule has 4 heteroatoms. The van der Waals surface area contributed by atoms with Crippen LogP contribution in [0.1, 0.15) is 20.3 Å². The maximum absolute atomic E-state index is 5.93. The molecule has 19 heavy (non-hydrogen) atoms. The van der Waals surface area contributed by atoms with Crippen molar-refractivity contribution < 1.29 is 4.74 Å². The second kappa shape index (κ2) is 6.15. The topological polar surface area (TPSA) is 41.7 Å². The Balaban J connectivity index is 2.10. The van der Waals surface area contributed by atoms with Crippen molar-refractivity contribution in [2.75, 3.05) is 43.9 Å². The van der Waals surface area contributed by atoms with Gasteiger partial charge in [-0.2, -0.15) is 0 Å². The summed E-state index contributed by atoms with van der Waals surface area (Å²) in [6, 6.07) is 6.62. The summed E-state index contributed by atoms with van der Waals surface area (Å²) in [6.07, 6.45) is 1.22. The second-order valence-corrected chi connectivity index (χ2v) is 5.07. The maximum Gasteiger partial charge on any atom is 0.122 e. The zero-order valence-corrected chi connectivity index (χ0v) is 12.2. The number of ether oxygens (including phenoxy) is 1. The van der Waals surface area contributed by atoms with E-state index < -0.39 is 0 Å². The van der Waals surface area contributed by atoms with Gasteiger partial charge in [0.2, 0.25) is 0 Å². The summed E-state index contributed by atoms with van der Waals surface area (Å²) < 4.78 is 5.29. The van der Waals surface area contributed by atoms with Crippen LogP contribution in [0.2, 0.25) is 0 Å². The lowest BCUT2D eigenvalue weighted by molar-refractivity contribution is 0.232. The molecule has 0 saturated carbocycles. The van der Waals surface area contributed by atoms with E-state index in [1.54, 1.807) is 7.11 Å². The molecule has 1 aromatic rings. The predicted molar refractivity (Wildman–Crippen MR) is 80.9 cm³/mol. The molecule has 1 unspecified atom stereocenters. The van der Waals surface area contributed by atoms with Crippen LogP contribution in [0.25, 0.3) is 0 Å². The van der Waals surface area contributed by atoms with Gasteiger partial charge in [0.25, 0.3) is 0 Å². The van der Waals surface area contributed by atoms with Crippen LogP contribution < -0.4 is 15.4 Å². The fourth-order valence-electron chi connectivity index (χ4n) is 2.92. The third-order valence-electron chi connectivity index (χ3n) is 4.01. The van der Waals surface area contributed by atoms with Crippen molar-refractivity contribution in [2.45, 2.75) is 26.3 Å². The Morgan fingerprint density at radius 3 is 2.68 bits per heavy atom. The number of benzene rings is 1. The number of hydrogen-bond donors (Lipinski definition) is 1. The Labute approximate surface area is 116 Å². The monoisotopic (exact) mass is 263 g/mol. The van der Waals surface area contributed by atoms with E-state index in [0.717, 1.165) is 37.6 Å². The average molecular weight is 263 g/mol. The summed E-state index contributed by atoms with van der Waals surface area (Å²) in [7, 11) is 1.68. The van der Waals surface area contributed by atoms with E-state index in [1.165, 1.54) is 12.1 Å². The van der Waals surface area contributed by atoms with E-state index in [0.29, 0.717) is 6.04 Å². The first-order chi connectivity index (χ1) is 9.17. The number of anilines is 2. The molecule has 2 rings (SSSR count). The van der Waals surface area contributed by atoms with Crippen molar-refractivity contribution in [1.82, 2.24) is 4.90 Å². The van der Waals surface area contributed by atoms with Gasteiger partial charge in [0.15, 0.2) is 0 Å². The predicted octanol–water partition coefficient (Wildman–Crippen LogP) is 2.20. The molecule has 0 aromatic heterocycles. The second-order valence-electron chi connectivity index (χ2n) is 5.07. The van der Waals surface area contributed by atoms with Crippen LogP contribution in [0.3, 0.4) is 0 Å². The molecule has 0 aliphatic carbocycles. The van der Waals surface area contributed by atoms with E-state index in [2.05, 4.69) is 29.7 Å². The van der Waals surface area contributed by atoms with Gasteiger partial charge in [-0.15, -0.1) is 0 Å². The summed E-state index contributed by atoms with van der Waals surface area (Å²) in [5.74, 6) is 0.835. The molecule has 0 radical (unpaired) electrons. The first-order valence-corrected chi connectivity index (χ1v) is 7.11. The lowest BCUT2D eigenvalue weighted by Gasteiger charge is -2.26. The lowest BCUT2D eigenvalue weighted by atomic mass is 10.2. The third-order valence-corrected chi connectivity index (χ3v) is 4.01. The van der Waals surface area contributed by atoms with E-state index in [9.17, 15) is 0 Å². The number of hydrogen-bond acceptors (Lipinski definition) is 4. The Hall–Kier alpha value is -1.42. The minimum absolute atomic E-state index is 0.655. The molecule has 1 saturated heterocycles. The molecule has 106 valence electrons. The average Bonchev–Trinajstić information content (AvgIpc) is 2.89. The van der Waals surface area contributed by atoms with Crippen LogP contribution in [0, 0.1) is 0 Å². The molecule has 0 bridgehead atoms. The van der Waals surface area contributed by atoms with Gasteiger partial charge in [-0.25, -0.2) is 0 Å². The van der Waals surface area contributed by atoms with Gasteiger partial charge >= 0.3 is 0 Å². The summed E-state index contributed by atoms with van der Waals surface area (Å²) in [5.41, 5.74) is 7.87. The highest BCUT2D eigenvalue weighted by atomic mass is 16.5. The Kier molecular flexibility index (Phi) is 4.53. The number of methoxy groups -OCH3 is 1. The molecule has 0 amide bonds. The smallest absolute Gasteiger partial charge is 0.122 e. The molecule has 4 nitrogen and oxygen atoms in total. The molecule has 1 fully saturated rings. The Bertz CT molecular complexity index is 418. The van der Waals surface area contributed by atoms with Crippen molar-refractivity contribution in [1.29, 1.82) is 0 Å². The summed E-state index contributed by atoms with van der Waals surface area (Å²) >= 11 is 0. The molecular formula is C15H25N3O. The van der Waals surface area contributed by atoms with E-state index in [4.69, 9.17) is 10.5 Å². The first-order valence-electron chi connectivity index (χ1n) is 7.11. The SMILES string of the molecule is CCN(CC)C1CCN(c2cc(N)cc(OC)c2)C1. The highest BCUT2D eigenvalue weighted by Gasteiger charge is 2.26. The van der Waals surface area contributed by atoms with Gasteiger partial charge in [-0.3, -0.25) is 4.90 Å². The van der Waals surface area contributed by atoms with Crippen LogP contribution in [0.5, 0.6) is 5.75 Å². The largest absolute Gasteiger partial charge is 0.497 e. The molecular weight excluding hydrogens is 238 g/mol. The van der Waals surface area contributed by atoms with Crippen molar-refractivity contribution in [3.8, 4) is 5.75 Å². The van der Waals surface area contributed by atoms with Crippen LogP contribution in [0.4, 0.5) is 11.4 Å². The van der Waals surface area contributed by atoms with Crippen LogP contribution >= 0.6 is 0 Å². The molecule has 1 atom stereocenters. The van der Waals surface area contributed by atoms with Crippen LogP contribution in [0.15, 0.2) is 18.2 Å². The first kappa shape index (κ1) is 14.0. The zero-order valence-electron chi connectivity index (χ0n) is 12.2. The quantitative estimate of drug-likeness (QED) is 0.827. The molecule has 0 spiro atoms. The van der Waals surface area contributed by atoms with Crippen LogP contribution in [-0.2, 0) is 0 Å². The highest BCUT2D eigenvalue weighted by molar-refractivity contribution is 5.61. The molecule has 1 aliphatic heterocycles. The molecule has 1 heterocycles. The number of nitrogens with two attached hydrogens (primary N) is 1. The van der Waals surface area contributed by atoms with Crippen molar-refractivity contribution in [2.24, 2.45) is 0 Å². The van der Waals surface area contributed by atoms with Gasteiger partial charge < -0.3 is 15.4 Å². The number of likely N-dealkylation sites (N-methyl/N-ethyl adjacent to an activating group) is 1. The molecule has 1 aliphatic rings. The Morgan fingerprint density at radius 1 is 1.32 bits per heavy atom. The molecule has 1 aromatic carbocycles. The lowest BCUT2D eigenvalue weighted by Crippen LogP contribution is -2.37. The third kappa shape index (κ3) is 3.13. The van der Waals surface area contributed by atoms with Crippen molar-refractivity contribution in [3.63, 3.8) is 0 Å². The number of rotatable bonds is 5. The summed E-state index contributed by atoms with van der Waals surface area (Å²) in [6.45, 7) is 8.87. The van der Waals surface area contributed by atoms with Gasteiger partial charge in [0.05, 0.1) is 7.11 Å². The number of nitrogen functional groups attached to an aromatic ring is 1. The van der Waals surface area contributed by atoms with E-state index in [1.807, 2.05) is 12.1 Å². The summed E-state index contributed by atoms with van der Waals surface area (Å²) in [5, 5.41) is 0. The fourth-order valence-corrected chi connectivity index (χ4v) is 2.92. The highest BCUT2D eigenvalue weighted by Crippen LogP contribution is 2.29. The van der Waals surface area contributed by atoms with Gasteiger partial charge in [0.1, 0.15) is 5.75 Å². The van der Waals surface area contributed by atoms with E-state index in [-0.39, 0.29) is 0 Å². The fraction of sp³-hybridized carbons (Fsp3) is 0.600. The van der Waals surface area contributed by atoms with Gasteiger partial charge in [-0.1, -0.05) is 13.8 Å².